The van der Waals surface area contributed by atoms with Crippen LogP contribution < -0.4 is 5.32 Å². The molecule has 1 N–H and O–H groups in total. The molecule has 3 heteroatoms. The van der Waals surface area contributed by atoms with Crippen molar-refractivity contribution in [3.8, 4) is 0 Å². The lowest BCUT2D eigenvalue weighted by Crippen LogP contribution is -2.46. The molecule has 0 spiro atoms. The van der Waals surface area contributed by atoms with Crippen molar-refractivity contribution < 1.29 is 0 Å². The molecule has 1 saturated heterocycles. The summed E-state index contributed by atoms with van der Waals surface area (Å²) in [6, 6.07) is 20.9. The molecule has 0 radical (unpaired) electrons. The third kappa shape index (κ3) is 3.74. The first-order valence-corrected chi connectivity index (χ1v) is 9.84. The maximum atomic E-state index is 3.89. The second kappa shape index (κ2) is 7.38. The zero-order chi connectivity index (χ0) is 16.4. The average molecular weight is 385 g/mol. The van der Waals surface area contributed by atoms with Crippen molar-refractivity contribution in [1.82, 2.24) is 10.2 Å². The van der Waals surface area contributed by atoms with E-state index in [1.807, 2.05) is 0 Å². The lowest BCUT2D eigenvalue weighted by molar-refractivity contribution is 0.255. The summed E-state index contributed by atoms with van der Waals surface area (Å²) in [6.45, 7) is 3.49. The molecule has 1 aliphatic carbocycles. The SMILES string of the molecule is Brc1ccccc1C1CC(NC2CCN(Cc3ccccc3)C2)C1. The molecule has 126 valence electrons. The molecule has 1 unspecified atom stereocenters. The van der Waals surface area contributed by atoms with Gasteiger partial charge in [0.1, 0.15) is 0 Å². The Labute approximate surface area is 153 Å². The standard InChI is InChI=1S/C21H25BrN2/c22-21-9-5-4-8-20(21)17-12-19(13-17)23-18-10-11-24(15-18)14-16-6-2-1-3-7-16/h1-9,17-19,23H,10-15H2. The summed E-state index contributed by atoms with van der Waals surface area (Å²) in [6.07, 6.45) is 3.83. The Hall–Kier alpha value is -1.16. The Morgan fingerprint density at radius 2 is 1.71 bits per heavy atom. The molecule has 0 bridgehead atoms. The minimum Gasteiger partial charge on any atom is -0.310 e. The molecule has 2 nitrogen and oxygen atoms in total. The van der Waals surface area contributed by atoms with Gasteiger partial charge in [-0.1, -0.05) is 64.5 Å². The number of benzene rings is 2. The smallest absolute Gasteiger partial charge is 0.0234 e. The highest BCUT2D eigenvalue weighted by Crippen LogP contribution is 2.40. The van der Waals surface area contributed by atoms with Gasteiger partial charge in [-0.05, 0) is 42.4 Å². The van der Waals surface area contributed by atoms with Crippen LogP contribution in [0, 0.1) is 0 Å². The minimum absolute atomic E-state index is 0.666. The Balaban J connectivity index is 1.23. The second-order valence-corrected chi connectivity index (χ2v) is 8.11. The van der Waals surface area contributed by atoms with E-state index in [4.69, 9.17) is 0 Å². The Kier molecular flexibility index (Phi) is 5.02. The van der Waals surface area contributed by atoms with Gasteiger partial charge < -0.3 is 5.32 Å². The minimum atomic E-state index is 0.666. The van der Waals surface area contributed by atoms with Gasteiger partial charge in [-0.15, -0.1) is 0 Å². The number of hydrogen-bond donors (Lipinski definition) is 1. The molecule has 1 saturated carbocycles. The van der Waals surface area contributed by atoms with Crippen molar-refractivity contribution in [2.75, 3.05) is 13.1 Å². The first-order valence-electron chi connectivity index (χ1n) is 9.04. The van der Waals surface area contributed by atoms with Gasteiger partial charge in [0.05, 0.1) is 0 Å². The van der Waals surface area contributed by atoms with E-state index >= 15 is 0 Å². The summed E-state index contributed by atoms with van der Waals surface area (Å²) in [5.74, 6) is 0.722. The highest BCUT2D eigenvalue weighted by atomic mass is 79.9. The number of hydrogen-bond acceptors (Lipinski definition) is 2. The van der Waals surface area contributed by atoms with Gasteiger partial charge in [0.25, 0.3) is 0 Å². The van der Waals surface area contributed by atoms with Crippen LogP contribution in [0.1, 0.15) is 36.3 Å². The van der Waals surface area contributed by atoms with Crippen LogP contribution in [0.15, 0.2) is 59.1 Å². The highest BCUT2D eigenvalue weighted by Gasteiger charge is 2.34. The van der Waals surface area contributed by atoms with Crippen LogP contribution in [0.4, 0.5) is 0 Å². The summed E-state index contributed by atoms with van der Waals surface area (Å²) in [5, 5.41) is 3.89. The predicted octanol–water partition coefficient (Wildman–Crippen LogP) is 4.56. The maximum absolute atomic E-state index is 3.89. The fourth-order valence-corrected chi connectivity index (χ4v) is 4.71. The first-order chi connectivity index (χ1) is 11.8. The lowest BCUT2D eigenvalue weighted by atomic mass is 9.75. The molecule has 2 aliphatic rings. The van der Waals surface area contributed by atoms with E-state index < -0.39 is 0 Å². The number of likely N-dealkylation sites (tertiary alicyclic amines) is 1. The second-order valence-electron chi connectivity index (χ2n) is 7.26. The van der Waals surface area contributed by atoms with E-state index in [-0.39, 0.29) is 0 Å². The normalized spacial score (nSPS) is 27.1. The lowest BCUT2D eigenvalue weighted by Gasteiger charge is -2.38. The van der Waals surface area contributed by atoms with Crippen LogP contribution in [0.2, 0.25) is 0 Å². The molecule has 2 aromatic carbocycles. The van der Waals surface area contributed by atoms with Crippen molar-refractivity contribution in [2.45, 2.75) is 43.8 Å². The van der Waals surface area contributed by atoms with E-state index in [9.17, 15) is 0 Å². The summed E-state index contributed by atoms with van der Waals surface area (Å²) in [5.41, 5.74) is 2.91. The van der Waals surface area contributed by atoms with Crippen LogP contribution >= 0.6 is 15.9 Å². The Morgan fingerprint density at radius 1 is 0.958 bits per heavy atom. The van der Waals surface area contributed by atoms with E-state index in [0.717, 1.165) is 12.5 Å². The molecule has 0 aromatic heterocycles. The third-order valence-electron chi connectivity index (χ3n) is 5.48. The van der Waals surface area contributed by atoms with Crippen molar-refractivity contribution in [3.63, 3.8) is 0 Å². The summed E-state index contributed by atoms with van der Waals surface area (Å²) in [4.78, 5) is 2.58. The van der Waals surface area contributed by atoms with Gasteiger partial charge in [-0.3, -0.25) is 4.90 Å². The Bertz CT molecular complexity index is 667. The van der Waals surface area contributed by atoms with Gasteiger partial charge in [-0.25, -0.2) is 0 Å². The van der Waals surface area contributed by atoms with Crippen LogP contribution in [0.25, 0.3) is 0 Å². The summed E-state index contributed by atoms with van der Waals surface area (Å²) in [7, 11) is 0. The van der Waals surface area contributed by atoms with Crippen LogP contribution in [0.5, 0.6) is 0 Å². The monoisotopic (exact) mass is 384 g/mol. The molecule has 1 heterocycles. The topological polar surface area (TPSA) is 15.3 Å². The first kappa shape index (κ1) is 16.3. The molecular weight excluding hydrogens is 360 g/mol. The number of halogens is 1. The van der Waals surface area contributed by atoms with E-state index in [2.05, 4.69) is 80.7 Å². The predicted molar refractivity (Wildman–Crippen MR) is 103 cm³/mol. The van der Waals surface area contributed by atoms with Crippen molar-refractivity contribution >= 4 is 15.9 Å². The number of rotatable bonds is 5. The molecule has 2 fully saturated rings. The van der Waals surface area contributed by atoms with Crippen molar-refractivity contribution in [1.29, 1.82) is 0 Å². The van der Waals surface area contributed by atoms with Gasteiger partial charge in [-0.2, -0.15) is 0 Å². The fourth-order valence-electron chi connectivity index (χ4n) is 4.10. The maximum Gasteiger partial charge on any atom is 0.0234 e. The molecule has 2 aromatic rings. The van der Waals surface area contributed by atoms with Gasteiger partial charge in [0.2, 0.25) is 0 Å². The number of nitrogens with zero attached hydrogens (tertiary/aromatic N) is 1. The molecule has 24 heavy (non-hydrogen) atoms. The van der Waals surface area contributed by atoms with Crippen LogP contribution in [0.3, 0.4) is 0 Å². The summed E-state index contributed by atoms with van der Waals surface area (Å²) < 4.78 is 1.27. The van der Waals surface area contributed by atoms with E-state index in [1.165, 1.54) is 48.0 Å². The quantitative estimate of drug-likeness (QED) is 0.812. The van der Waals surface area contributed by atoms with Gasteiger partial charge >= 0.3 is 0 Å². The zero-order valence-corrected chi connectivity index (χ0v) is 15.6. The van der Waals surface area contributed by atoms with Crippen LogP contribution in [-0.4, -0.2) is 30.1 Å². The molecule has 1 atom stereocenters. The highest BCUT2D eigenvalue weighted by molar-refractivity contribution is 9.10. The number of nitrogens with one attached hydrogen (secondary N) is 1. The van der Waals surface area contributed by atoms with E-state index in [0.29, 0.717) is 12.1 Å². The molecule has 4 rings (SSSR count). The fraction of sp³-hybridized carbons (Fsp3) is 0.429. The molecule has 0 amide bonds. The van der Waals surface area contributed by atoms with Crippen molar-refractivity contribution in [2.24, 2.45) is 0 Å². The Morgan fingerprint density at radius 3 is 2.50 bits per heavy atom. The van der Waals surface area contributed by atoms with Crippen molar-refractivity contribution in [3.05, 3.63) is 70.2 Å². The van der Waals surface area contributed by atoms with E-state index in [1.54, 1.807) is 0 Å². The average Bonchev–Trinajstić information content (AvgIpc) is 3.00. The molecule has 1 aliphatic heterocycles. The van der Waals surface area contributed by atoms with Crippen LogP contribution in [-0.2, 0) is 6.54 Å². The van der Waals surface area contributed by atoms with Gasteiger partial charge in [0, 0.05) is 36.2 Å². The summed E-state index contributed by atoms with van der Waals surface area (Å²) >= 11 is 3.69. The zero-order valence-electron chi connectivity index (χ0n) is 14.0. The third-order valence-corrected chi connectivity index (χ3v) is 6.20. The van der Waals surface area contributed by atoms with Gasteiger partial charge in [0.15, 0.2) is 0 Å². The molecular formula is C21H25BrN2. The largest absolute Gasteiger partial charge is 0.310 e.